The van der Waals surface area contributed by atoms with E-state index in [0.29, 0.717) is 51.4 Å². The third-order valence-corrected chi connectivity index (χ3v) is 23.1. The Labute approximate surface area is 742 Å². The summed E-state index contributed by atoms with van der Waals surface area (Å²) in [5, 5.41) is 72.1. The third kappa shape index (κ3) is 55.9. The molecule has 28 nitrogen and oxygen atoms in total. The molecule has 2 heterocycles. The van der Waals surface area contributed by atoms with Crippen molar-refractivity contribution in [1.82, 2.24) is 10.6 Å². The van der Waals surface area contributed by atoms with Gasteiger partial charge in [0.05, 0.1) is 51.2 Å². The van der Waals surface area contributed by atoms with E-state index in [1.54, 1.807) is 0 Å². The molecule has 30 heteroatoms. The number of rotatable bonds is 79. The molecule has 2 rings (SSSR count). The van der Waals surface area contributed by atoms with Crippen molar-refractivity contribution in [3.8, 4) is 0 Å². The van der Waals surface area contributed by atoms with Crippen molar-refractivity contribution in [1.29, 1.82) is 0 Å². The second kappa shape index (κ2) is 72.6. The van der Waals surface area contributed by atoms with Crippen LogP contribution in [0.1, 0.15) is 420 Å². The number of aliphatic hydroxyl groups excluding tert-OH is 4. The van der Waals surface area contributed by atoms with Crippen LogP contribution in [0.25, 0.3) is 0 Å². The number of carbonyl (C=O) groups is 8. The monoisotopic (exact) mass is 1740 g/mol. The van der Waals surface area contributed by atoms with Crippen LogP contribution in [0.3, 0.4) is 0 Å². The van der Waals surface area contributed by atoms with Gasteiger partial charge in [0.15, 0.2) is 12.4 Å². The molecule has 2 aliphatic rings. The first-order chi connectivity index (χ1) is 57.3. The second-order valence-corrected chi connectivity index (χ2v) is 34.9. The van der Waals surface area contributed by atoms with E-state index in [2.05, 4.69) is 52.2 Å². The van der Waals surface area contributed by atoms with Gasteiger partial charge in [0.2, 0.25) is 11.8 Å². The Hall–Kier alpha value is -3.45. The van der Waals surface area contributed by atoms with E-state index >= 15 is 9.59 Å². The van der Waals surface area contributed by atoms with Gasteiger partial charge in [0.1, 0.15) is 54.9 Å². The Balaban J connectivity index is 0.0000720. The molecule has 0 spiro atoms. The molecule has 14 atom stereocenters. The summed E-state index contributed by atoms with van der Waals surface area (Å²) in [5.74, 6) is -11.3. The first-order valence-electron chi connectivity index (χ1n) is 47.1. The summed E-state index contributed by atoms with van der Waals surface area (Å²) in [4.78, 5) is 134. The van der Waals surface area contributed by atoms with E-state index in [0.717, 1.165) is 257 Å². The normalized spacial score (nSPS) is 20.5. The average Bonchev–Trinajstić information content (AvgIpc) is 0.768. The molecule has 0 aromatic heterocycles. The zero-order valence-electron chi connectivity index (χ0n) is 75.2. The summed E-state index contributed by atoms with van der Waals surface area (Å²) in [6, 6.07) is -3.56. The maximum Gasteiger partial charge on any atom is 1.00 e. The van der Waals surface area contributed by atoms with Crippen LogP contribution in [0, 0.1) is 0 Å². The summed E-state index contributed by atoms with van der Waals surface area (Å²) in [7, 11) is -5.91. The number of phosphoric ester groups is 1. The van der Waals surface area contributed by atoms with E-state index in [-0.39, 0.29) is 61.7 Å². The van der Waals surface area contributed by atoms with Crippen LogP contribution in [0.15, 0.2) is 0 Å². The van der Waals surface area contributed by atoms with Crippen LogP contribution in [0.4, 0.5) is 0 Å². The number of phosphoric acid groups is 1. The topological polar surface area (TPSA) is 425 Å². The maximum absolute atomic E-state index is 15.3. The summed E-state index contributed by atoms with van der Waals surface area (Å²) in [5.41, 5.74) is 0. The van der Waals surface area contributed by atoms with Crippen molar-refractivity contribution in [3.05, 3.63) is 0 Å². The van der Waals surface area contributed by atoms with E-state index in [4.69, 9.17) is 42.4 Å². The van der Waals surface area contributed by atoms with Crippen molar-refractivity contribution in [2.45, 2.75) is 506 Å². The summed E-state index contributed by atoms with van der Waals surface area (Å²) in [6.07, 6.45) is 22.6. The van der Waals surface area contributed by atoms with Gasteiger partial charge in [-0.25, -0.2) is 9.36 Å². The number of aliphatic hydroxyl groups is 4. The number of carboxylic acids is 2. The van der Waals surface area contributed by atoms with Crippen LogP contribution < -0.4 is 45.3 Å². The number of carbonyl (C=O) groups excluding carboxylic acids is 7. The molecular weight excluding hydrogens is 1580 g/mol. The van der Waals surface area contributed by atoms with Gasteiger partial charge < -0.3 is 93.7 Å². The van der Waals surface area contributed by atoms with E-state index in [1.165, 1.54) is 6.42 Å². The van der Waals surface area contributed by atoms with Gasteiger partial charge in [0.25, 0.3) is 5.79 Å². The molecule has 0 aromatic rings. The van der Waals surface area contributed by atoms with Crippen molar-refractivity contribution < 1.29 is 155 Å². The zero-order chi connectivity index (χ0) is 87.7. The first-order valence-corrected chi connectivity index (χ1v) is 48.6. The predicted molar refractivity (Wildman–Crippen MR) is 453 cm³/mol. The third-order valence-electron chi connectivity index (χ3n) is 22.6. The fourth-order valence-electron chi connectivity index (χ4n) is 15.6. The molecule has 0 aromatic carbocycles. The summed E-state index contributed by atoms with van der Waals surface area (Å²) >= 11 is 0. The second-order valence-electron chi connectivity index (χ2n) is 33.7. The summed E-state index contributed by atoms with van der Waals surface area (Å²) < 4.78 is 68.3. The number of esters is 4. The predicted octanol–water partition coefficient (Wildman–Crippen LogP) is 13.0. The van der Waals surface area contributed by atoms with Gasteiger partial charge in [-0.3, -0.25) is 33.3 Å². The molecule has 2 aliphatic heterocycles. The van der Waals surface area contributed by atoms with Crippen molar-refractivity contribution in [2.24, 2.45) is 0 Å². The van der Waals surface area contributed by atoms with Gasteiger partial charge in [-0.15, -0.1) is 0 Å². The number of aliphatic carboxylic acids is 2. The Morgan fingerprint density at radius 2 is 0.833 bits per heavy atom. The number of nitrogens with one attached hydrogen (secondary N) is 2. The quantitative estimate of drug-likeness (QED) is 0.00898. The molecule has 0 saturated carbocycles. The minimum Gasteiger partial charge on any atom is -0.550 e. The average molecular weight is 1740 g/mol. The van der Waals surface area contributed by atoms with E-state index in [9.17, 15) is 73.8 Å². The Morgan fingerprint density at radius 3 is 1.18 bits per heavy atom. The SMILES string of the molecule is CCCCCCCCCCC[C@H](CC(=O)N[C@@H](CO[C@@H]1O[C@H](CO[C@]2(C(=O)O)C[C@@H](O)[C@@H](O)[C@@H]([C@H](O)CO)O2)[C@@H](OP(=O)(O)O)[C@H](OC(=O)C[C@@H](CCCCCCCCCCC)OC(=O)CCCCCCCCC)[C@H]1NC(=O)C[C@@H](CCCCCCCCCCC)OC(=O)CCCCCCCCC)CC(=O)[O-])OC(=O)CCCCCCCCC.[Na+]. The molecule has 0 aliphatic carbocycles. The van der Waals surface area contributed by atoms with E-state index < -0.39 is 193 Å². The smallest absolute Gasteiger partial charge is 0.550 e. The van der Waals surface area contributed by atoms with Crippen LogP contribution in [0.2, 0.25) is 0 Å². The minimum absolute atomic E-state index is 0. The molecule has 696 valence electrons. The molecule has 120 heavy (non-hydrogen) atoms. The largest absolute Gasteiger partial charge is 1.00 e. The summed E-state index contributed by atoms with van der Waals surface area (Å²) in [6.45, 7) is 9.61. The number of hydrogen-bond acceptors (Lipinski definition) is 23. The Bertz CT molecular complexity index is 2700. The first kappa shape index (κ1) is 115. The molecule has 2 fully saturated rings. The fraction of sp³-hybridized carbons (Fsp3) is 0.911. The van der Waals surface area contributed by atoms with Gasteiger partial charge in [0, 0.05) is 38.1 Å². The molecular formula is C90H164N2NaO26P. The fourth-order valence-corrected chi connectivity index (χ4v) is 16.2. The van der Waals surface area contributed by atoms with Crippen LogP contribution in [-0.2, 0) is 85.3 Å². The number of ether oxygens (including phenoxy) is 8. The molecule has 0 bridgehead atoms. The number of hydrogen-bond donors (Lipinski definition) is 9. The molecule has 2 saturated heterocycles. The van der Waals surface area contributed by atoms with Crippen molar-refractivity contribution >= 4 is 55.5 Å². The molecule has 0 unspecified atom stereocenters. The Morgan fingerprint density at radius 1 is 0.483 bits per heavy atom. The van der Waals surface area contributed by atoms with Crippen LogP contribution >= 0.6 is 7.82 Å². The maximum atomic E-state index is 15.3. The Kier molecular flexibility index (Phi) is 69.3. The number of carboxylic acid groups (broad SMARTS) is 2. The van der Waals surface area contributed by atoms with Gasteiger partial charge in [-0.05, 0) is 57.8 Å². The minimum atomic E-state index is -5.91. The van der Waals surface area contributed by atoms with Crippen molar-refractivity contribution in [3.63, 3.8) is 0 Å². The number of amides is 2. The number of unbranched alkanes of at least 4 members (excludes halogenated alkanes) is 42. The van der Waals surface area contributed by atoms with Gasteiger partial charge in [-0.1, -0.05) is 311 Å². The van der Waals surface area contributed by atoms with Gasteiger partial charge >= 0.3 is 67.2 Å². The van der Waals surface area contributed by atoms with Crippen molar-refractivity contribution in [2.75, 3.05) is 19.8 Å². The molecule has 2 amide bonds. The zero-order valence-corrected chi connectivity index (χ0v) is 78.1. The molecule has 9 N–H and O–H groups in total. The van der Waals surface area contributed by atoms with E-state index in [1.807, 2.05) is 0 Å². The van der Waals surface area contributed by atoms with Crippen LogP contribution in [0.5, 0.6) is 0 Å². The molecule has 0 radical (unpaired) electrons. The van der Waals surface area contributed by atoms with Gasteiger partial charge in [-0.2, -0.15) is 0 Å². The standard InChI is InChI=1S/C90H165N2O26P.Na/c1-7-13-19-25-31-34-40-43-49-55-70(112-79(100)58-52-46-37-28-22-16-10-4)62-76(96)91-69(61-78(98)99)67-110-88-83(92-77(97)63-71(56-50-44-41-35-32-26-20-14-8-2)113-80(101)59-53-47-38-29-23-17-11-5)87(86(118-119(107,108)109)75(115-88)68-111-90(89(105)106)65-73(94)84(104)85(117-90)74(95)66-93)116-82(103)64-72(57-51-45-42-36-33-27-21-15-9-3)114-81(102)60-54-48-39-30-24-18-12-6;/h69-75,83-88,93-95,104H,7-68H2,1-6H3,(H,91,96)(H,92,97)(H,98,99)(H,105,106)(H2,107,108,109);/q;+1/p-1/t69-,70-,71-,72-,73-,74-,75-,83-,84-,85-,86-,87-,88-,90-;/m1./s1. The van der Waals surface area contributed by atoms with Crippen LogP contribution in [-0.4, -0.2) is 188 Å².